The minimum Gasteiger partial charge on any atom is -0.496 e. The van der Waals surface area contributed by atoms with E-state index in [1.165, 1.54) is 5.56 Å². The molecule has 3 aromatic carbocycles. The Morgan fingerprint density at radius 3 is 2.50 bits per heavy atom. The van der Waals surface area contributed by atoms with Crippen LogP contribution in [0.4, 0.5) is 5.69 Å². The molecule has 0 saturated carbocycles. The Balaban J connectivity index is 1.63. The van der Waals surface area contributed by atoms with Crippen molar-refractivity contribution in [2.24, 2.45) is 0 Å². The van der Waals surface area contributed by atoms with Crippen LogP contribution in [0.1, 0.15) is 22.3 Å². The van der Waals surface area contributed by atoms with Gasteiger partial charge in [0.05, 0.1) is 25.0 Å². The Morgan fingerprint density at radius 1 is 0.964 bits per heavy atom. The Morgan fingerprint density at radius 2 is 1.71 bits per heavy atom. The van der Waals surface area contributed by atoms with E-state index >= 15 is 0 Å². The van der Waals surface area contributed by atoms with E-state index in [4.69, 9.17) is 9.47 Å². The van der Waals surface area contributed by atoms with E-state index in [9.17, 15) is 4.79 Å². The number of benzene rings is 3. The molecular weight excluding hydrogens is 418 g/mol. The van der Waals surface area contributed by atoms with Crippen LogP contribution < -0.4 is 14.8 Å². The van der Waals surface area contributed by atoms with Crippen molar-refractivity contribution in [2.45, 2.75) is 12.8 Å². The van der Waals surface area contributed by atoms with Gasteiger partial charge in [-0.05, 0) is 48.7 Å². The second-order valence-corrected chi connectivity index (χ2v) is 7.15. The SMILES string of the molecule is COc1ccc(Br)cc1C(=O)Nc1ccccc1OCCCc1ccccc1. The molecule has 0 heterocycles. The summed E-state index contributed by atoms with van der Waals surface area (Å²) in [5.41, 5.74) is 2.37. The average Bonchev–Trinajstić information content (AvgIpc) is 2.73. The fourth-order valence-electron chi connectivity index (χ4n) is 2.85. The standard InChI is InChI=1S/C23H22BrNO3/c1-27-21-14-13-18(24)16-19(21)23(26)25-20-11-5-6-12-22(20)28-15-7-10-17-8-3-2-4-9-17/h2-6,8-9,11-14,16H,7,10,15H2,1H3,(H,25,26). The van der Waals surface area contributed by atoms with Crippen LogP contribution in [-0.4, -0.2) is 19.6 Å². The van der Waals surface area contributed by atoms with Gasteiger partial charge in [0.25, 0.3) is 5.91 Å². The summed E-state index contributed by atoms with van der Waals surface area (Å²) >= 11 is 3.39. The van der Waals surface area contributed by atoms with Gasteiger partial charge in [0, 0.05) is 4.47 Å². The van der Waals surface area contributed by atoms with E-state index in [0.29, 0.717) is 29.4 Å². The predicted molar refractivity (Wildman–Crippen MR) is 115 cm³/mol. The smallest absolute Gasteiger partial charge is 0.259 e. The van der Waals surface area contributed by atoms with E-state index in [-0.39, 0.29) is 5.91 Å². The number of para-hydroxylation sites is 2. The first-order valence-electron chi connectivity index (χ1n) is 9.08. The van der Waals surface area contributed by atoms with Gasteiger partial charge in [0.2, 0.25) is 0 Å². The third kappa shape index (κ3) is 5.36. The molecule has 0 radical (unpaired) electrons. The van der Waals surface area contributed by atoms with E-state index in [1.54, 1.807) is 19.2 Å². The number of rotatable bonds is 8. The molecule has 0 fully saturated rings. The highest BCUT2D eigenvalue weighted by Crippen LogP contribution is 2.28. The zero-order valence-corrected chi connectivity index (χ0v) is 17.2. The zero-order chi connectivity index (χ0) is 19.8. The number of hydrogen-bond acceptors (Lipinski definition) is 3. The second-order valence-electron chi connectivity index (χ2n) is 6.23. The summed E-state index contributed by atoms with van der Waals surface area (Å²) < 4.78 is 12.0. The lowest BCUT2D eigenvalue weighted by molar-refractivity contribution is 0.102. The lowest BCUT2D eigenvalue weighted by Crippen LogP contribution is -2.14. The molecule has 28 heavy (non-hydrogen) atoms. The number of halogens is 1. The Hall–Kier alpha value is -2.79. The maximum Gasteiger partial charge on any atom is 0.259 e. The number of hydrogen-bond donors (Lipinski definition) is 1. The first-order chi connectivity index (χ1) is 13.7. The summed E-state index contributed by atoms with van der Waals surface area (Å²) in [6, 6.07) is 23.1. The molecule has 5 heteroatoms. The summed E-state index contributed by atoms with van der Waals surface area (Å²) in [7, 11) is 1.55. The van der Waals surface area contributed by atoms with Gasteiger partial charge in [-0.3, -0.25) is 4.79 Å². The van der Waals surface area contributed by atoms with Gasteiger partial charge in [-0.2, -0.15) is 0 Å². The van der Waals surface area contributed by atoms with E-state index in [1.807, 2.05) is 48.5 Å². The molecule has 0 saturated heterocycles. The number of carbonyl (C=O) groups is 1. The Labute approximate surface area is 173 Å². The Bertz CT molecular complexity index is 928. The molecular formula is C23H22BrNO3. The lowest BCUT2D eigenvalue weighted by atomic mass is 10.1. The van der Waals surface area contributed by atoms with Crippen LogP contribution in [0.2, 0.25) is 0 Å². The van der Waals surface area contributed by atoms with Crippen molar-refractivity contribution in [3.63, 3.8) is 0 Å². The molecule has 3 aromatic rings. The molecule has 0 aliphatic carbocycles. The van der Waals surface area contributed by atoms with Crippen LogP contribution in [0.25, 0.3) is 0 Å². The largest absolute Gasteiger partial charge is 0.496 e. The molecule has 1 N–H and O–H groups in total. The summed E-state index contributed by atoms with van der Waals surface area (Å²) in [6.45, 7) is 0.571. The zero-order valence-electron chi connectivity index (χ0n) is 15.7. The van der Waals surface area contributed by atoms with Gasteiger partial charge >= 0.3 is 0 Å². The van der Waals surface area contributed by atoms with Crippen molar-refractivity contribution in [2.75, 3.05) is 19.0 Å². The molecule has 0 spiro atoms. The van der Waals surface area contributed by atoms with Crippen molar-refractivity contribution < 1.29 is 14.3 Å². The van der Waals surface area contributed by atoms with E-state index < -0.39 is 0 Å². The number of carbonyl (C=O) groups excluding carboxylic acids is 1. The molecule has 0 bridgehead atoms. The van der Waals surface area contributed by atoms with Crippen LogP contribution in [0.15, 0.2) is 77.3 Å². The van der Waals surface area contributed by atoms with Crippen LogP contribution in [-0.2, 0) is 6.42 Å². The molecule has 4 nitrogen and oxygen atoms in total. The predicted octanol–water partition coefficient (Wildman–Crippen LogP) is 5.72. The number of aryl methyl sites for hydroxylation is 1. The summed E-state index contributed by atoms with van der Waals surface area (Å²) in [6.07, 6.45) is 1.84. The van der Waals surface area contributed by atoms with E-state index in [0.717, 1.165) is 17.3 Å². The molecule has 1 amide bonds. The summed E-state index contributed by atoms with van der Waals surface area (Å²) in [5.74, 6) is 0.915. The quantitative estimate of drug-likeness (QED) is 0.456. The third-order valence-corrected chi connectivity index (χ3v) is 4.74. The summed E-state index contributed by atoms with van der Waals surface area (Å²) in [5, 5.41) is 2.92. The molecule has 3 rings (SSSR count). The van der Waals surface area contributed by atoms with E-state index in [2.05, 4.69) is 33.4 Å². The van der Waals surface area contributed by atoms with Gasteiger partial charge in [0.1, 0.15) is 11.5 Å². The van der Waals surface area contributed by atoms with Gasteiger partial charge in [-0.1, -0.05) is 58.4 Å². The molecule has 0 atom stereocenters. The maximum absolute atomic E-state index is 12.7. The number of amides is 1. The van der Waals surface area contributed by atoms with Crippen LogP contribution in [0.5, 0.6) is 11.5 Å². The first-order valence-corrected chi connectivity index (χ1v) is 9.87. The third-order valence-electron chi connectivity index (χ3n) is 4.25. The highest BCUT2D eigenvalue weighted by Gasteiger charge is 2.15. The normalized spacial score (nSPS) is 10.4. The maximum atomic E-state index is 12.7. The van der Waals surface area contributed by atoms with Crippen molar-refractivity contribution in [1.29, 1.82) is 0 Å². The van der Waals surface area contributed by atoms with Gasteiger partial charge in [-0.15, -0.1) is 0 Å². The van der Waals surface area contributed by atoms with Crippen LogP contribution >= 0.6 is 15.9 Å². The van der Waals surface area contributed by atoms with Crippen molar-refractivity contribution in [1.82, 2.24) is 0 Å². The minimum atomic E-state index is -0.251. The monoisotopic (exact) mass is 439 g/mol. The van der Waals surface area contributed by atoms with Crippen molar-refractivity contribution >= 4 is 27.5 Å². The molecule has 0 unspecified atom stereocenters. The number of ether oxygens (including phenoxy) is 2. The van der Waals surface area contributed by atoms with Gasteiger partial charge in [0.15, 0.2) is 0 Å². The highest BCUT2D eigenvalue weighted by molar-refractivity contribution is 9.10. The number of methoxy groups -OCH3 is 1. The lowest BCUT2D eigenvalue weighted by Gasteiger charge is -2.14. The minimum absolute atomic E-state index is 0.251. The van der Waals surface area contributed by atoms with Crippen LogP contribution in [0, 0.1) is 0 Å². The molecule has 0 aliphatic heterocycles. The Kier molecular flexibility index (Phi) is 7.09. The van der Waals surface area contributed by atoms with Crippen molar-refractivity contribution in [3.05, 3.63) is 88.4 Å². The molecule has 0 aliphatic rings. The fourth-order valence-corrected chi connectivity index (χ4v) is 3.21. The average molecular weight is 440 g/mol. The van der Waals surface area contributed by atoms with Crippen LogP contribution in [0.3, 0.4) is 0 Å². The fraction of sp³-hybridized carbons (Fsp3) is 0.174. The number of anilines is 1. The van der Waals surface area contributed by atoms with Gasteiger partial charge < -0.3 is 14.8 Å². The summed E-state index contributed by atoms with van der Waals surface area (Å²) in [4.78, 5) is 12.7. The number of nitrogens with one attached hydrogen (secondary N) is 1. The van der Waals surface area contributed by atoms with Crippen molar-refractivity contribution in [3.8, 4) is 11.5 Å². The molecule has 144 valence electrons. The molecule has 0 aromatic heterocycles. The van der Waals surface area contributed by atoms with Gasteiger partial charge in [-0.25, -0.2) is 0 Å². The second kappa shape index (κ2) is 9.95. The first kappa shape index (κ1) is 20.0. The topological polar surface area (TPSA) is 47.6 Å². The highest BCUT2D eigenvalue weighted by atomic mass is 79.9.